The molecule has 0 aliphatic heterocycles. The van der Waals surface area contributed by atoms with E-state index in [1.54, 1.807) is 22.7 Å². The Labute approximate surface area is 164 Å². The van der Waals surface area contributed by atoms with E-state index in [1.165, 1.54) is 17.3 Å². The monoisotopic (exact) mass is 399 g/mol. The van der Waals surface area contributed by atoms with Crippen LogP contribution < -0.4 is 0 Å². The van der Waals surface area contributed by atoms with Crippen LogP contribution in [0.1, 0.15) is 31.0 Å². The average Bonchev–Trinajstić information content (AvgIpc) is 3.40. The van der Waals surface area contributed by atoms with Gasteiger partial charge in [0.1, 0.15) is 5.01 Å². The van der Waals surface area contributed by atoms with Gasteiger partial charge in [0.15, 0.2) is 0 Å². The van der Waals surface area contributed by atoms with Gasteiger partial charge in [-0.3, -0.25) is 0 Å². The fourth-order valence-electron chi connectivity index (χ4n) is 2.42. The van der Waals surface area contributed by atoms with Crippen molar-refractivity contribution in [1.82, 2.24) is 15.2 Å². The Bertz CT molecular complexity index is 972. The van der Waals surface area contributed by atoms with Crippen molar-refractivity contribution in [3.05, 3.63) is 58.4 Å². The zero-order valence-electron chi connectivity index (χ0n) is 14.4. The summed E-state index contributed by atoms with van der Waals surface area (Å²) in [5, 5.41) is 13.9. The van der Waals surface area contributed by atoms with E-state index >= 15 is 0 Å². The Hall–Kier alpha value is -1.96. The van der Waals surface area contributed by atoms with Crippen molar-refractivity contribution in [2.75, 3.05) is 0 Å². The summed E-state index contributed by atoms with van der Waals surface area (Å²) in [5.41, 5.74) is 3.53. The molecule has 0 radical (unpaired) electrons. The number of rotatable bonds is 6. The number of nitrogens with zero attached hydrogens (tertiary/aromatic N) is 3. The molecule has 4 rings (SSSR count). The van der Waals surface area contributed by atoms with E-state index in [0.29, 0.717) is 22.8 Å². The number of hydrogen-bond donors (Lipinski definition) is 0. The van der Waals surface area contributed by atoms with Crippen LogP contribution in [-0.4, -0.2) is 15.2 Å². The van der Waals surface area contributed by atoms with Crippen molar-refractivity contribution in [2.24, 2.45) is 0 Å². The largest absolute Gasteiger partial charge is 0.410 e. The van der Waals surface area contributed by atoms with Gasteiger partial charge < -0.3 is 4.42 Å². The van der Waals surface area contributed by atoms with Crippen molar-refractivity contribution in [3.63, 3.8) is 0 Å². The van der Waals surface area contributed by atoms with Crippen LogP contribution in [0.4, 0.5) is 0 Å². The maximum Gasteiger partial charge on any atom is 0.277 e. The molecular formula is C19H17N3OS3. The maximum absolute atomic E-state index is 5.70. The smallest absolute Gasteiger partial charge is 0.277 e. The van der Waals surface area contributed by atoms with E-state index in [4.69, 9.17) is 9.40 Å². The van der Waals surface area contributed by atoms with Crippen LogP contribution in [0.15, 0.2) is 56.8 Å². The summed E-state index contributed by atoms with van der Waals surface area (Å²) >= 11 is 4.77. The topological polar surface area (TPSA) is 51.8 Å². The highest BCUT2D eigenvalue weighted by Gasteiger charge is 2.11. The molecular weight excluding hydrogens is 382 g/mol. The molecule has 0 aliphatic rings. The van der Waals surface area contributed by atoms with E-state index in [0.717, 1.165) is 21.1 Å². The van der Waals surface area contributed by atoms with Gasteiger partial charge in [0.05, 0.1) is 10.6 Å². The molecule has 132 valence electrons. The number of thiazole rings is 1. The average molecular weight is 400 g/mol. The standard InChI is InChI=1S/C19H17N3OS3/c1-12(2)13-5-7-14(8-6-13)18-20-15(10-25-18)11-26-19-22-21-17(23-19)16-4-3-9-24-16/h3-10,12H,11H2,1-2H3. The van der Waals surface area contributed by atoms with E-state index in [1.807, 2.05) is 17.5 Å². The van der Waals surface area contributed by atoms with E-state index < -0.39 is 0 Å². The Balaban J connectivity index is 1.41. The lowest BCUT2D eigenvalue weighted by atomic mass is 10.0. The number of thioether (sulfide) groups is 1. The first-order valence-corrected chi connectivity index (χ1v) is 11.0. The minimum atomic E-state index is 0.542. The molecule has 0 N–H and O–H groups in total. The zero-order chi connectivity index (χ0) is 17.9. The summed E-state index contributed by atoms with van der Waals surface area (Å²) in [4.78, 5) is 5.73. The highest BCUT2D eigenvalue weighted by atomic mass is 32.2. The molecule has 0 atom stereocenters. The molecule has 0 bridgehead atoms. The second kappa shape index (κ2) is 7.73. The molecule has 26 heavy (non-hydrogen) atoms. The SMILES string of the molecule is CC(C)c1ccc(-c2nc(CSc3nnc(-c4cccs4)o3)cs2)cc1. The molecule has 7 heteroatoms. The predicted octanol–water partition coefficient (Wildman–Crippen LogP) is 6.34. The van der Waals surface area contributed by atoms with Crippen molar-refractivity contribution < 1.29 is 4.42 Å². The maximum atomic E-state index is 5.70. The van der Waals surface area contributed by atoms with Crippen LogP contribution in [0.5, 0.6) is 0 Å². The second-order valence-electron chi connectivity index (χ2n) is 6.06. The molecule has 0 saturated heterocycles. The molecule has 0 unspecified atom stereocenters. The molecule has 0 aliphatic carbocycles. The summed E-state index contributed by atoms with van der Waals surface area (Å²) in [6.45, 7) is 4.41. The van der Waals surface area contributed by atoms with Gasteiger partial charge in [-0.2, -0.15) is 0 Å². The Morgan fingerprint density at radius 2 is 1.92 bits per heavy atom. The third kappa shape index (κ3) is 3.90. The Morgan fingerprint density at radius 1 is 1.08 bits per heavy atom. The summed E-state index contributed by atoms with van der Waals surface area (Å²) in [6.07, 6.45) is 0. The summed E-state index contributed by atoms with van der Waals surface area (Å²) in [6, 6.07) is 12.6. The predicted molar refractivity (Wildman–Crippen MR) is 109 cm³/mol. The molecule has 1 aromatic carbocycles. The number of benzene rings is 1. The minimum Gasteiger partial charge on any atom is -0.410 e. The molecule has 0 fully saturated rings. The molecule has 0 amide bonds. The molecule has 0 saturated carbocycles. The van der Waals surface area contributed by atoms with Crippen LogP contribution in [-0.2, 0) is 5.75 Å². The fourth-order valence-corrected chi connectivity index (χ4v) is 4.65. The summed E-state index contributed by atoms with van der Waals surface area (Å²) in [7, 11) is 0. The Morgan fingerprint density at radius 3 is 2.65 bits per heavy atom. The first-order valence-electron chi connectivity index (χ1n) is 8.24. The lowest BCUT2D eigenvalue weighted by Crippen LogP contribution is -1.87. The molecule has 3 aromatic heterocycles. The molecule has 0 spiro atoms. The van der Waals surface area contributed by atoms with E-state index in [9.17, 15) is 0 Å². The Kier molecular flexibility index (Phi) is 5.19. The quantitative estimate of drug-likeness (QED) is 0.354. The van der Waals surface area contributed by atoms with Crippen molar-refractivity contribution in [1.29, 1.82) is 0 Å². The zero-order valence-corrected chi connectivity index (χ0v) is 16.8. The fraction of sp³-hybridized carbons (Fsp3) is 0.211. The van der Waals surface area contributed by atoms with Gasteiger partial charge in [0.25, 0.3) is 11.1 Å². The molecule has 4 aromatic rings. The van der Waals surface area contributed by atoms with Crippen molar-refractivity contribution in [2.45, 2.75) is 30.7 Å². The number of aromatic nitrogens is 3. The number of thiophene rings is 1. The van der Waals surface area contributed by atoms with Crippen LogP contribution in [0, 0.1) is 0 Å². The van der Waals surface area contributed by atoms with Gasteiger partial charge in [-0.05, 0) is 22.9 Å². The normalized spacial score (nSPS) is 11.3. The van der Waals surface area contributed by atoms with Crippen molar-refractivity contribution in [3.8, 4) is 21.3 Å². The van der Waals surface area contributed by atoms with Crippen LogP contribution in [0.3, 0.4) is 0 Å². The first kappa shape index (κ1) is 17.5. The van der Waals surface area contributed by atoms with Gasteiger partial charge >= 0.3 is 0 Å². The summed E-state index contributed by atoms with van der Waals surface area (Å²) in [5.74, 6) is 1.83. The van der Waals surface area contributed by atoms with Gasteiger partial charge in [-0.1, -0.05) is 55.9 Å². The second-order valence-corrected chi connectivity index (χ2v) is 8.79. The van der Waals surface area contributed by atoms with Crippen LogP contribution in [0.2, 0.25) is 0 Å². The third-order valence-corrected chi connectivity index (χ3v) is 6.51. The highest BCUT2D eigenvalue weighted by Crippen LogP contribution is 2.30. The van der Waals surface area contributed by atoms with Crippen molar-refractivity contribution >= 4 is 34.4 Å². The van der Waals surface area contributed by atoms with Crippen LogP contribution in [0.25, 0.3) is 21.3 Å². The van der Waals surface area contributed by atoms with Gasteiger partial charge in [0, 0.05) is 16.7 Å². The highest BCUT2D eigenvalue weighted by molar-refractivity contribution is 7.98. The van der Waals surface area contributed by atoms with Crippen LogP contribution >= 0.6 is 34.4 Å². The summed E-state index contributed by atoms with van der Waals surface area (Å²) < 4.78 is 5.70. The third-order valence-electron chi connectivity index (χ3n) is 3.86. The van der Waals surface area contributed by atoms with E-state index in [2.05, 4.69) is 53.7 Å². The van der Waals surface area contributed by atoms with Gasteiger partial charge in [-0.25, -0.2) is 4.98 Å². The number of hydrogen-bond acceptors (Lipinski definition) is 7. The first-order chi connectivity index (χ1) is 12.7. The van der Waals surface area contributed by atoms with E-state index in [-0.39, 0.29) is 0 Å². The van der Waals surface area contributed by atoms with Gasteiger partial charge in [0.2, 0.25) is 0 Å². The molecule has 3 heterocycles. The lowest BCUT2D eigenvalue weighted by molar-refractivity contribution is 0.466. The van der Waals surface area contributed by atoms with Gasteiger partial charge in [-0.15, -0.1) is 32.9 Å². The minimum absolute atomic E-state index is 0.542. The molecule has 4 nitrogen and oxygen atoms in total. The lowest BCUT2D eigenvalue weighted by Gasteiger charge is -2.05.